The summed E-state index contributed by atoms with van der Waals surface area (Å²) < 4.78 is 5.64. The van der Waals surface area contributed by atoms with Gasteiger partial charge in [0.1, 0.15) is 17.4 Å². The van der Waals surface area contributed by atoms with E-state index in [0.29, 0.717) is 28.8 Å². The Hall–Kier alpha value is -2.63. The van der Waals surface area contributed by atoms with Crippen LogP contribution in [-0.4, -0.2) is 22.4 Å². The number of primary amides is 1. The number of hydrogen-bond acceptors (Lipinski definition) is 5. The molecule has 0 saturated heterocycles. The summed E-state index contributed by atoms with van der Waals surface area (Å²) in [6.07, 6.45) is 0. The van der Waals surface area contributed by atoms with E-state index in [2.05, 4.69) is 15.3 Å². The Morgan fingerprint density at radius 1 is 1.30 bits per heavy atom. The van der Waals surface area contributed by atoms with Gasteiger partial charge < -0.3 is 15.8 Å². The van der Waals surface area contributed by atoms with Gasteiger partial charge in [-0.25, -0.2) is 4.98 Å². The van der Waals surface area contributed by atoms with Crippen LogP contribution in [0.1, 0.15) is 23.1 Å². The number of ether oxygens (including phenoxy) is 1. The van der Waals surface area contributed by atoms with Gasteiger partial charge in [-0.2, -0.15) is 4.98 Å². The average Bonchev–Trinajstić information content (AvgIpc) is 2.39. The van der Waals surface area contributed by atoms with Crippen molar-refractivity contribution >= 4 is 11.7 Å². The molecule has 0 aliphatic heterocycles. The molecule has 0 aliphatic carbocycles. The first-order chi connectivity index (χ1) is 9.58. The molecule has 1 amide bonds. The predicted molar refractivity (Wildman–Crippen MR) is 76.0 cm³/mol. The van der Waals surface area contributed by atoms with Crippen LogP contribution >= 0.6 is 0 Å². The monoisotopic (exact) mass is 272 g/mol. The van der Waals surface area contributed by atoms with E-state index < -0.39 is 5.91 Å². The zero-order valence-electron chi connectivity index (χ0n) is 11.4. The quantitative estimate of drug-likeness (QED) is 0.870. The van der Waals surface area contributed by atoms with Gasteiger partial charge in [-0.15, -0.1) is 0 Å². The highest BCUT2D eigenvalue weighted by Crippen LogP contribution is 2.21. The van der Waals surface area contributed by atoms with Gasteiger partial charge >= 0.3 is 0 Å². The van der Waals surface area contributed by atoms with Gasteiger partial charge in [0.2, 0.25) is 11.8 Å². The number of benzene rings is 1. The maximum atomic E-state index is 11.0. The van der Waals surface area contributed by atoms with Gasteiger partial charge in [0.05, 0.1) is 0 Å². The van der Waals surface area contributed by atoms with E-state index in [9.17, 15) is 4.79 Å². The van der Waals surface area contributed by atoms with Crippen LogP contribution in [0.15, 0.2) is 30.3 Å². The highest BCUT2D eigenvalue weighted by molar-refractivity contribution is 5.92. The molecule has 104 valence electrons. The smallest absolute Gasteiger partial charge is 0.248 e. The number of carbonyl (C=O) groups is 1. The summed E-state index contributed by atoms with van der Waals surface area (Å²) in [5, 5.41) is 3.11. The van der Waals surface area contributed by atoms with Crippen LogP contribution in [0.2, 0.25) is 0 Å². The number of anilines is 1. The van der Waals surface area contributed by atoms with Crippen molar-refractivity contribution in [2.24, 2.45) is 5.73 Å². The standard InChI is InChI=1S/C14H16N4O2/c1-3-16-12-8-13(18-9(2)17-12)20-11-6-4-10(5-7-11)14(15)19/h4-8H,3H2,1-2H3,(H2,15,19)(H,16,17,18). The van der Waals surface area contributed by atoms with Crippen molar-refractivity contribution in [2.75, 3.05) is 11.9 Å². The Morgan fingerprint density at radius 3 is 2.60 bits per heavy atom. The number of nitrogens with one attached hydrogen (secondary N) is 1. The van der Waals surface area contributed by atoms with Crippen molar-refractivity contribution in [1.29, 1.82) is 0 Å². The number of nitrogens with two attached hydrogens (primary N) is 1. The van der Waals surface area contributed by atoms with Crippen LogP contribution in [-0.2, 0) is 0 Å². The molecule has 0 fully saturated rings. The molecule has 0 atom stereocenters. The zero-order chi connectivity index (χ0) is 14.5. The fraction of sp³-hybridized carbons (Fsp3) is 0.214. The minimum Gasteiger partial charge on any atom is -0.439 e. The molecule has 0 unspecified atom stereocenters. The summed E-state index contributed by atoms with van der Waals surface area (Å²) in [5.41, 5.74) is 5.62. The minimum absolute atomic E-state index is 0.435. The molecule has 20 heavy (non-hydrogen) atoms. The molecular weight excluding hydrogens is 256 g/mol. The number of aryl methyl sites for hydroxylation is 1. The first-order valence-corrected chi connectivity index (χ1v) is 6.25. The van der Waals surface area contributed by atoms with Crippen LogP contribution in [0, 0.1) is 6.92 Å². The lowest BCUT2D eigenvalue weighted by Crippen LogP contribution is -2.10. The molecule has 1 aromatic carbocycles. The van der Waals surface area contributed by atoms with Gasteiger partial charge in [0.25, 0.3) is 0 Å². The summed E-state index contributed by atoms with van der Waals surface area (Å²) in [6, 6.07) is 8.28. The van der Waals surface area contributed by atoms with Crippen LogP contribution in [0.3, 0.4) is 0 Å². The van der Waals surface area contributed by atoms with Gasteiger partial charge in [0.15, 0.2) is 0 Å². The largest absolute Gasteiger partial charge is 0.439 e. The molecule has 0 spiro atoms. The van der Waals surface area contributed by atoms with E-state index >= 15 is 0 Å². The fourth-order valence-corrected chi connectivity index (χ4v) is 1.67. The molecule has 2 aromatic rings. The van der Waals surface area contributed by atoms with Crippen LogP contribution < -0.4 is 15.8 Å². The summed E-state index contributed by atoms with van der Waals surface area (Å²) in [6.45, 7) is 4.55. The van der Waals surface area contributed by atoms with Gasteiger partial charge in [-0.1, -0.05) is 0 Å². The van der Waals surface area contributed by atoms with Crippen LogP contribution in [0.4, 0.5) is 5.82 Å². The number of rotatable bonds is 5. The van der Waals surface area contributed by atoms with E-state index in [0.717, 1.165) is 6.54 Å². The van der Waals surface area contributed by atoms with Crippen molar-refractivity contribution in [1.82, 2.24) is 9.97 Å². The van der Waals surface area contributed by atoms with Gasteiger partial charge in [0, 0.05) is 18.2 Å². The van der Waals surface area contributed by atoms with E-state index in [1.807, 2.05) is 6.92 Å². The van der Waals surface area contributed by atoms with Crippen molar-refractivity contribution in [3.63, 3.8) is 0 Å². The second-order valence-corrected chi connectivity index (χ2v) is 4.16. The zero-order valence-corrected chi connectivity index (χ0v) is 11.4. The predicted octanol–water partition coefficient (Wildman–Crippen LogP) is 2.11. The first kappa shape index (κ1) is 13.8. The molecule has 2 rings (SSSR count). The van der Waals surface area contributed by atoms with E-state index in [1.165, 1.54) is 0 Å². The number of nitrogens with zero attached hydrogens (tertiary/aromatic N) is 2. The molecule has 0 aliphatic rings. The molecule has 0 bridgehead atoms. The third kappa shape index (κ3) is 3.44. The van der Waals surface area contributed by atoms with Crippen molar-refractivity contribution < 1.29 is 9.53 Å². The molecule has 1 heterocycles. The Bertz CT molecular complexity index is 611. The minimum atomic E-state index is -0.469. The molecule has 6 heteroatoms. The Kier molecular flexibility index (Phi) is 4.14. The number of hydrogen-bond donors (Lipinski definition) is 2. The highest BCUT2D eigenvalue weighted by Gasteiger charge is 2.05. The molecular formula is C14H16N4O2. The topological polar surface area (TPSA) is 90.1 Å². The Balaban J connectivity index is 2.18. The third-order valence-electron chi connectivity index (χ3n) is 2.53. The lowest BCUT2D eigenvalue weighted by molar-refractivity contribution is 0.100. The molecule has 0 radical (unpaired) electrons. The number of amides is 1. The van der Waals surface area contributed by atoms with Crippen molar-refractivity contribution in [3.8, 4) is 11.6 Å². The lowest BCUT2D eigenvalue weighted by atomic mass is 10.2. The molecule has 3 N–H and O–H groups in total. The number of carbonyl (C=O) groups excluding carboxylic acids is 1. The Labute approximate surface area is 117 Å². The van der Waals surface area contributed by atoms with Crippen LogP contribution in [0.5, 0.6) is 11.6 Å². The average molecular weight is 272 g/mol. The summed E-state index contributed by atoms with van der Waals surface area (Å²) in [5.74, 6) is 1.88. The summed E-state index contributed by atoms with van der Waals surface area (Å²) in [4.78, 5) is 19.4. The van der Waals surface area contributed by atoms with E-state index in [1.54, 1.807) is 37.3 Å². The van der Waals surface area contributed by atoms with Gasteiger partial charge in [-0.3, -0.25) is 4.79 Å². The molecule has 6 nitrogen and oxygen atoms in total. The maximum absolute atomic E-state index is 11.0. The van der Waals surface area contributed by atoms with Crippen LogP contribution in [0.25, 0.3) is 0 Å². The second kappa shape index (κ2) is 6.01. The molecule has 0 saturated carbocycles. The number of aromatic nitrogens is 2. The normalized spacial score (nSPS) is 10.1. The van der Waals surface area contributed by atoms with Crippen molar-refractivity contribution in [3.05, 3.63) is 41.7 Å². The maximum Gasteiger partial charge on any atom is 0.248 e. The lowest BCUT2D eigenvalue weighted by Gasteiger charge is -2.08. The molecule has 1 aromatic heterocycles. The van der Waals surface area contributed by atoms with E-state index in [-0.39, 0.29) is 0 Å². The van der Waals surface area contributed by atoms with Crippen molar-refractivity contribution in [2.45, 2.75) is 13.8 Å². The first-order valence-electron chi connectivity index (χ1n) is 6.25. The van der Waals surface area contributed by atoms with E-state index in [4.69, 9.17) is 10.5 Å². The summed E-state index contributed by atoms with van der Waals surface area (Å²) >= 11 is 0. The SMILES string of the molecule is CCNc1cc(Oc2ccc(C(N)=O)cc2)nc(C)n1. The van der Waals surface area contributed by atoms with Gasteiger partial charge in [-0.05, 0) is 38.1 Å². The third-order valence-corrected chi connectivity index (χ3v) is 2.53. The fourth-order valence-electron chi connectivity index (χ4n) is 1.67. The highest BCUT2D eigenvalue weighted by atomic mass is 16.5. The summed E-state index contributed by atoms with van der Waals surface area (Å²) in [7, 11) is 0. The second-order valence-electron chi connectivity index (χ2n) is 4.16. The Morgan fingerprint density at radius 2 is 2.00 bits per heavy atom.